The standard InChI is InChI=1S/C7H17O3P.2K/c1-2-3-4-5-6-7-11(8,9)10;;/h2-7H2,1H3,(H2,8,9,10);;/q;2*+1/p-2. The minimum Gasteiger partial charge on any atom is -0.688 e. The van der Waals surface area contributed by atoms with Crippen LogP contribution in [0.25, 0.3) is 0 Å². The minimum absolute atomic E-state index is 0. The van der Waals surface area contributed by atoms with E-state index in [1.165, 1.54) is 0 Å². The summed E-state index contributed by atoms with van der Waals surface area (Å²) in [6.45, 7) is 2.09. The van der Waals surface area contributed by atoms with E-state index in [2.05, 4.69) is 6.92 Å². The van der Waals surface area contributed by atoms with E-state index in [1.54, 1.807) is 0 Å². The van der Waals surface area contributed by atoms with Crippen molar-refractivity contribution in [3.63, 3.8) is 0 Å². The molecule has 3 nitrogen and oxygen atoms in total. The first-order valence-electron chi connectivity index (χ1n) is 4.07. The molecule has 0 aliphatic carbocycles. The molecule has 13 heavy (non-hydrogen) atoms. The van der Waals surface area contributed by atoms with E-state index in [0.717, 1.165) is 25.7 Å². The van der Waals surface area contributed by atoms with Crippen molar-refractivity contribution in [2.75, 3.05) is 6.16 Å². The Labute approximate surface area is 167 Å². The molecule has 0 bridgehead atoms. The van der Waals surface area contributed by atoms with Crippen LogP contribution in [0.2, 0.25) is 0 Å². The van der Waals surface area contributed by atoms with Crippen LogP contribution < -0.4 is 117 Å². The quantitative estimate of drug-likeness (QED) is 0.270. The van der Waals surface area contributed by atoms with E-state index in [4.69, 9.17) is 0 Å². The second kappa shape index (κ2) is 13.6. The summed E-state index contributed by atoms with van der Waals surface area (Å²) in [4.78, 5) is 30.4. The molecular weight excluding hydrogens is 241 g/mol. The Morgan fingerprint density at radius 2 is 1.31 bits per heavy atom. The van der Waals surface area contributed by atoms with Gasteiger partial charge in [0.1, 0.15) is 0 Å². The third kappa shape index (κ3) is 21.4. The monoisotopic (exact) mass is 256 g/mol. The first-order valence-corrected chi connectivity index (χ1v) is 5.80. The molecule has 0 atom stereocenters. The van der Waals surface area contributed by atoms with Crippen LogP contribution in [0.4, 0.5) is 0 Å². The Kier molecular flexibility index (Phi) is 22.9. The van der Waals surface area contributed by atoms with Gasteiger partial charge in [-0.05, 0) is 12.8 Å². The van der Waals surface area contributed by atoms with Crippen LogP contribution >= 0.6 is 7.94 Å². The molecule has 68 valence electrons. The third-order valence-corrected chi connectivity index (χ3v) is 2.40. The van der Waals surface area contributed by atoms with Crippen LogP contribution in [0, 0.1) is 0 Å². The van der Waals surface area contributed by atoms with E-state index < -0.39 is 7.94 Å². The SMILES string of the molecule is CCCCCCC[P+]([O-])([O-])[O-].[K+].[K+]. The van der Waals surface area contributed by atoms with Crippen molar-refractivity contribution in [2.45, 2.75) is 39.0 Å². The van der Waals surface area contributed by atoms with Crippen molar-refractivity contribution in [3.8, 4) is 0 Å². The molecule has 0 saturated carbocycles. The summed E-state index contributed by atoms with van der Waals surface area (Å²) in [5.74, 6) is 0. The maximum absolute atomic E-state index is 10.1. The zero-order valence-electron chi connectivity index (χ0n) is 8.91. The second-order valence-electron chi connectivity index (χ2n) is 2.75. The van der Waals surface area contributed by atoms with Crippen LogP contribution in [-0.2, 0) is 0 Å². The minimum atomic E-state index is -4.21. The molecule has 0 unspecified atom stereocenters. The van der Waals surface area contributed by atoms with Crippen molar-refractivity contribution in [1.82, 2.24) is 0 Å². The van der Waals surface area contributed by atoms with Crippen molar-refractivity contribution in [2.24, 2.45) is 0 Å². The van der Waals surface area contributed by atoms with E-state index in [0.29, 0.717) is 6.42 Å². The molecule has 0 saturated heterocycles. The van der Waals surface area contributed by atoms with Crippen LogP contribution in [0.1, 0.15) is 39.0 Å². The molecule has 0 amide bonds. The Bertz CT molecular complexity index is 98.2. The van der Waals surface area contributed by atoms with Gasteiger partial charge in [-0.3, -0.25) is 0 Å². The fourth-order valence-electron chi connectivity index (χ4n) is 0.909. The van der Waals surface area contributed by atoms with E-state index in [9.17, 15) is 14.7 Å². The number of unbranched alkanes of at least 4 members (excludes halogenated alkanes) is 4. The second-order valence-corrected chi connectivity index (χ2v) is 4.42. The third-order valence-electron chi connectivity index (χ3n) is 1.54. The number of hydrogen-bond donors (Lipinski definition) is 0. The molecule has 0 aliphatic rings. The van der Waals surface area contributed by atoms with Crippen LogP contribution in [-0.4, -0.2) is 6.16 Å². The van der Waals surface area contributed by atoms with Crippen molar-refractivity contribution < 1.29 is 117 Å². The summed E-state index contributed by atoms with van der Waals surface area (Å²) in [5.41, 5.74) is 0. The normalized spacial score (nSPS) is 10.2. The van der Waals surface area contributed by atoms with Crippen molar-refractivity contribution in [1.29, 1.82) is 0 Å². The van der Waals surface area contributed by atoms with Gasteiger partial charge in [0.2, 0.25) is 0 Å². The van der Waals surface area contributed by atoms with Gasteiger partial charge in [-0.2, -0.15) is 7.94 Å². The predicted molar refractivity (Wildman–Crippen MR) is 40.5 cm³/mol. The maximum atomic E-state index is 10.1. The first-order chi connectivity index (χ1) is 5.06. The van der Waals surface area contributed by atoms with Crippen LogP contribution in [0.3, 0.4) is 0 Å². The smallest absolute Gasteiger partial charge is 0.688 e. The molecule has 0 rings (SSSR count). The van der Waals surface area contributed by atoms with Gasteiger partial charge < -0.3 is 14.7 Å². The topological polar surface area (TPSA) is 69.2 Å². The molecule has 0 aromatic carbocycles. The predicted octanol–water partition coefficient (Wildman–Crippen LogP) is -6.19. The fraction of sp³-hybridized carbons (Fsp3) is 1.00. The molecule has 0 aliphatic heterocycles. The summed E-state index contributed by atoms with van der Waals surface area (Å²) in [7, 11) is -4.21. The van der Waals surface area contributed by atoms with Gasteiger partial charge in [-0.25, -0.2) is 0 Å². The maximum Gasteiger partial charge on any atom is 1.00 e. The molecule has 0 fully saturated rings. The van der Waals surface area contributed by atoms with Gasteiger partial charge in [0.15, 0.2) is 0 Å². The molecular formula is C7H15K2O3P. The fourth-order valence-corrected chi connectivity index (χ4v) is 1.52. The summed E-state index contributed by atoms with van der Waals surface area (Å²) in [6, 6.07) is 0. The van der Waals surface area contributed by atoms with Gasteiger partial charge in [0.05, 0.1) is 0 Å². The molecule has 0 N–H and O–H groups in total. The Morgan fingerprint density at radius 3 is 1.69 bits per heavy atom. The van der Waals surface area contributed by atoms with E-state index in [1.807, 2.05) is 0 Å². The Morgan fingerprint density at radius 1 is 0.846 bits per heavy atom. The Balaban J connectivity index is -0.000000500. The summed E-state index contributed by atoms with van der Waals surface area (Å²) in [6.07, 6.45) is 4.52. The van der Waals surface area contributed by atoms with Gasteiger partial charge in [0, 0.05) is 6.16 Å². The van der Waals surface area contributed by atoms with Crippen LogP contribution in [0.5, 0.6) is 0 Å². The summed E-state index contributed by atoms with van der Waals surface area (Å²) in [5, 5.41) is 0. The number of hydrogen-bond acceptors (Lipinski definition) is 3. The average Bonchev–Trinajstić information content (AvgIpc) is 1.85. The largest absolute Gasteiger partial charge is 1.00 e. The van der Waals surface area contributed by atoms with E-state index >= 15 is 0 Å². The van der Waals surface area contributed by atoms with Gasteiger partial charge in [-0.1, -0.05) is 26.2 Å². The zero-order chi connectivity index (χ0) is 8.74. The molecule has 0 radical (unpaired) electrons. The van der Waals surface area contributed by atoms with Gasteiger partial charge in [-0.15, -0.1) is 0 Å². The van der Waals surface area contributed by atoms with Gasteiger partial charge >= 0.3 is 103 Å². The van der Waals surface area contributed by atoms with E-state index in [-0.39, 0.29) is 109 Å². The summed E-state index contributed by atoms with van der Waals surface area (Å²) >= 11 is 0. The Hall–Kier alpha value is 3.58. The molecule has 6 heteroatoms. The first kappa shape index (κ1) is 21.8. The molecule has 0 spiro atoms. The average molecular weight is 256 g/mol. The molecule has 0 aromatic rings. The van der Waals surface area contributed by atoms with Crippen molar-refractivity contribution in [3.05, 3.63) is 0 Å². The number of rotatable bonds is 6. The summed E-state index contributed by atoms with van der Waals surface area (Å²) < 4.78 is 0. The van der Waals surface area contributed by atoms with Crippen LogP contribution in [0.15, 0.2) is 0 Å². The van der Waals surface area contributed by atoms with Gasteiger partial charge in [0.25, 0.3) is 0 Å². The van der Waals surface area contributed by atoms with Crippen molar-refractivity contribution >= 4 is 7.94 Å². The zero-order valence-corrected chi connectivity index (χ0v) is 16.1. The molecule has 0 heterocycles. The molecule has 0 aromatic heterocycles.